The molecular formula is C19H28O4. The first kappa shape index (κ1) is 17.8. The van der Waals surface area contributed by atoms with E-state index in [4.69, 9.17) is 9.47 Å². The molecule has 0 aromatic heterocycles. The third-order valence-electron chi connectivity index (χ3n) is 4.25. The summed E-state index contributed by atoms with van der Waals surface area (Å²) in [6.07, 6.45) is 7.46. The number of aromatic hydroxyl groups is 1. The molecule has 4 nitrogen and oxygen atoms in total. The molecule has 1 aromatic carbocycles. The van der Waals surface area contributed by atoms with Crippen LogP contribution >= 0.6 is 0 Å². The Hall–Kier alpha value is -1.55. The molecule has 2 rings (SSSR count). The number of carbonyl (C=O) groups excluding carboxylic acids is 1. The standard InChI is InChI=1S/C19H28O4/c1-2-3-12-22-19(21)18(23-17-10-5-4-6-11-17)14-15-8-7-9-16(20)13-15/h7-9,13,17-18,20H,2-6,10-12,14H2,1H3. The van der Waals surface area contributed by atoms with Crippen molar-refractivity contribution in [2.24, 2.45) is 0 Å². The van der Waals surface area contributed by atoms with Crippen LogP contribution in [0.15, 0.2) is 24.3 Å². The molecule has 4 heteroatoms. The largest absolute Gasteiger partial charge is 0.508 e. The molecule has 0 saturated heterocycles. The fourth-order valence-electron chi connectivity index (χ4n) is 2.93. The maximum Gasteiger partial charge on any atom is 0.335 e. The van der Waals surface area contributed by atoms with Crippen molar-refractivity contribution >= 4 is 5.97 Å². The van der Waals surface area contributed by atoms with Crippen LogP contribution in [0, 0.1) is 0 Å². The van der Waals surface area contributed by atoms with Gasteiger partial charge in [0.15, 0.2) is 6.10 Å². The lowest BCUT2D eigenvalue weighted by molar-refractivity contribution is -0.162. The lowest BCUT2D eigenvalue weighted by atomic mass is 9.97. The zero-order valence-corrected chi connectivity index (χ0v) is 14.0. The molecule has 0 aliphatic heterocycles. The fraction of sp³-hybridized carbons (Fsp3) is 0.632. The number of ether oxygens (including phenoxy) is 2. The van der Waals surface area contributed by atoms with Crippen LogP contribution in [0.25, 0.3) is 0 Å². The van der Waals surface area contributed by atoms with Gasteiger partial charge in [0, 0.05) is 6.42 Å². The third-order valence-corrected chi connectivity index (χ3v) is 4.25. The summed E-state index contributed by atoms with van der Waals surface area (Å²) in [6.45, 7) is 2.51. The van der Waals surface area contributed by atoms with Crippen LogP contribution in [0.4, 0.5) is 0 Å². The van der Waals surface area contributed by atoms with Gasteiger partial charge in [-0.3, -0.25) is 0 Å². The Morgan fingerprint density at radius 2 is 2.09 bits per heavy atom. The van der Waals surface area contributed by atoms with Crippen molar-refractivity contribution in [1.82, 2.24) is 0 Å². The summed E-state index contributed by atoms with van der Waals surface area (Å²) in [5, 5.41) is 9.60. The Labute approximate surface area is 138 Å². The maximum absolute atomic E-state index is 12.4. The molecule has 0 radical (unpaired) electrons. The third kappa shape index (κ3) is 6.22. The second-order valence-electron chi connectivity index (χ2n) is 6.28. The Morgan fingerprint density at radius 3 is 2.78 bits per heavy atom. The number of hydrogen-bond donors (Lipinski definition) is 1. The van der Waals surface area contributed by atoms with Gasteiger partial charge in [0.25, 0.3) is 0 Å². The summed E-state index contributed by atoms with van der Waals surface area (Å²) in [5.41, 5.74) is 0.887. The van der Waals surface area contributed by atoms with Crippen LogP contribution in [-0.2, 0) is 20.7 Å². The van der Waals surface area contributed by atoms with E-state index in [9.17, 15) is 9.90 Å². The van der Waals surface area contributed by atoms with Crippen LogP contribution in [0.2, 0.25) is 0 Å². The fourth-order valence-corrected chi connectivity index (χ4v) is 2.93. The van der Waals surface area contributed by atoms with Gasteiger partial charge in [-0.25, -0.2) is 4.79 Å². The van der Waals surface area contributed by atoms with Gasteiger partial charge >= 0.3 is 5.97 Å². The quantitative estimate of drug-likeness (QED) is 0.581. The Kier molecular flexibility index (Phi) is 7.40. The number of esters is 1. The molecule has 1 atom stereocenters. The highest BCUT2D eigenvalue weighted by Crippen LogP contribution is 2.23. The molecule has 23 heavy (non-hydrogen) atoms. The van der Waals surface area contributed by atoms with Gasteiger partial charge in [0.2, 0.25) is 0 Å². The van der Waals surface area contributed by atoms with Crippen molar-refractivity contribution < 1.29 is 19.4 Å². The topological polar surface area (TPSA) is 55.8 Å². The number of carbonyl (C=O) groups is 1. The maximum atomic E-state index is 12.4. The summed E-state index contributed by atoms with van der Waals surface area (Å²) in [5.74, 6) is -0.0781. The number of benzene rings is 1. The van der Waals surface area contributed by atoms with Crippen molar-refractivity contribution in [3.05, 3.63) is 29.8 Å². The molecule has 0 heterocycles. The van der Waals surface area contributed by atoms with E-state index < -0.39 is 6.10 Å². The predicted octanol–water partition coefficient (Wildman–Crippen LogP) is 4.00. The highest BCUT2D eigenvalue weighted by molar-refractivity contribution is 5.75. The van der Waals surface area contributed by atoms with Crippen molar-refractivity contribution in [2.45, 2.75) is 70.5 Å². The zero-order chi connectivity index (χ0) is 16.5. The Balaban J connectivity index is 1.98. The van der Waals surface area contributed by atoms with Crippen LogP contribution in [0.1, 0.15) is 57.4 Å². The first-order valence-corrected chi connectivity index (χ1v) is 8.79. The Bertz CT molecular complexity index is 480. The smallest absolute Gasteiger partial charge is 0.335 e. The lowest BCUT2D eigenvalue weighted by Crippen LogP contribution is -2.34. The minimum atomic E-state index is -0.586. The first-order valence-electron chi connectivity index (χ1n) is 8.79. The minimum Gasteiger partial charge on any atom is -0.508 e. The van der Waals surface area contributed by atoms with Crippen LogP contribution in [-0.4, -0.2) is 29.9 Å². The van der Waals surface area contributed by atoms with Gasteiger partial charge in [-0.05, 0) is 37.0 Å². The number of phenolic OH excluding ortho intramolecular Hbond substituents is 1. The highest BCUT2D eigenvalue weighted by atomic mass is 16.6. The molecule has 1 aliphatic rings. The highest BCUT2D eigenvalue weighted by Gasteiger charge is 2.26. The second kappa shape index (κ2) is 9.56. The number of phenols is 1. The van der Waals surface area contributed by atoms with E-state index >= 15 is 0 Å². The molecule has 1 N–H and O–H groups in total. The summed E-state index contributed by atoms with van der Waals surface area (Å²) in [6, 6.07) is 6.98. The average Bonchev–Trinajstić information content (AvgIpc) is 2.55. The van der Waals surface area contributed by atoms with E-state index in [1.54, 1.807) is 18.2 Å². The van der Waals surface area contributed by atoms with Crippen molar-refractivity contribution in [3.63, 3.8) is 0 Å². The first-order chi connectivity index (χ1) is 11.2. The molecule has 1 aliphatic carbocycles. The molecule has 1 unspecified atom stereocenters. The van der Waals surface area contributed by atoms with E-state index in [1.807, 2.05) is 6.07 Å². The molecule has 128 valence electrons. The van der Waals surface area contributed by atoms with Gasteiger partial charge in [0.05, 0.1) is 12.7 Å². The molecule has 1 fully saturated rings. The summed E-state index contributed by atoms with van der Waals surface area (Å²) >= 11 is 0. The van der Waals surface area contributed by atoms with E-state index in [0.717, 1.165) is 44.1 Å². The van der Waals surface area contributed by atoms with Gasteiger partial charge in [0.1, 0.15) is 5.75 Å². The monoisotopic (exact) mass is 320 g/mol. The number of rotatable bonds is 8. The Morgan fingerprint density at radius 1 is 1.30 bits per heavy atom. The van der Waals surface area contributed by atoms with Gasteiger partial charge in [-0.2, -0.15) is 0 Å². The lowest BCUT2D eigenvalue weighted by Gasteiger charge is -2.26. The van der Waals surface area contributed by atoms with E-state index in [1.165, 1.54) is 6.42 Å². The minimum absolute atomic E-state index is 0.143. The molecule has 1 aromatic rings. The summed E-state index contributed by atoms with van der Waals surface area (Å²) in [4.78, 5) is 12.4. The summed E-state index contributed by atoms with van der Waals surface area (Å²) < 4.78 is 11.4. The summed E-state index contributed by atoms with van der Waals surface area (Å²) in [7, 11) is 0. The van der Waals surface area contributed by atoms with Gasteiger partial charge in [-0.15, -0.1) is 0 Å². The van der Waals surface area contributed by atoms with E-state index in [2.05, 4.69) is 6.92 Å². The molecule has 0 amide bonds. The van der Waals surface area contributed by atoms with E-state index in [0.29, 0.717) is 13.0 Å². The van der Waals surface area contributed by atoms with Gasteiger partial charge in [-0.1, -0.05) is 44.7 Å². The van der Waals surface area contributed by atoms with Crippen LogP contribution in [0.3, 0.4) is 0 Å². The SMILES string of the molecule is CCCCOC(=O)C(Cc1cccc(O)c1)OC1CCCCC1. The van der Waals surface area contributed by atoms with Crippen LogP contribution in [0.5, 0.6) is 5.75 Å². The molecule has 1 saturated carbocycles. The predicted molar refractivity (Wildman–Crippen MR) is 89.4 cm³/mol. The second-order valence-corrected chi connectivity index (χ2v) is 6.28. The van der Waals surface area contributed by atoms with Gasteiger partial charge < -0.3 is 14.6 Å². The number of unbranched alkanes of at least 4 members (excludes halogenated alkanes) is 1. The molecule has 0 spiro atoms. The number of hydrogen-bond acceptors (Lipinski definition) is 4. The normalized spacial score (nSPS) is 16.9. The average molecular weight is 320 g/mol. The van der Waals surface area contributed by atoms with E-state index in [-0.39, 0.29) is 17.8 Å². The van der Waals surface area contributed by atoms with Crippen LogP contribution < -0.4 is 0 Å². The zero-order valence-electron chi connectivity index (χ0n) is 14.0. The van der Waals surface area contributed by atoms with Crippen molar-refractivity contribution in [3.8, 4) is 5.75 Å². The molecule has 0 bridgehead atoms. The van der Waals surface area contributed by atoms with Crippen molar-refractivity contribution in [2.75, 3.05) is 6.61 Å². The molecular weight excluding hydrogens is 292 g/mol. The van der Waals surface area contributed by atoms with Crippen molar-refractivity contribution in [1.29, 1.82) is 0 Å².